The first-order chi connectivity index (χ1) is 13.4. The number of nitro benzene ring substituents is 1. The number of halogens is 3. The molecule has 0 radical (unpaired) electrons. The summed E-state index contributed by atoms with van der Waals surface area (Å²) >= 11 is 0. The second-order valence-electron chi connectivity index (χ2n) is 6.33. The molecule has 8 nitrogen and oxygen atoms in total. The van der Waals surface area contributed by atoms with Gasteiger partial charge in [-0.05, 0) is 38.5 Å². The molecule has 0 atom stereocenters. The Morgan fingerprint density at radius 2 is 2.00 bits per heavy atom. The molecule has 152 valence electrons. The molecule has 0 aliphatic rings. The molecule has 1 N–H and O–H groups in total. The number of alkyl halides is 3. The fraction of sp³-hybridized carbons (Fsp3) is 0.278. The number of hydrogen-bond acceptors (Lipinski definition) is 6. The third-order valence-corrected chi connectivity index (χ3v) is 4.13. The number of aromatic hydroxyl groups is 1. The van der Waals surface area contributed by atoms with Gasteiger partial charge in [0.05, 0.1) is 16.2 Å². The summed E-state index contributed by atoms with van der Waals surface area (Å²) in [5, 5.41) is 30.5. The predicted octanol–water partition coefficient (Wildman–Crippen LogP) is 3.99. The highest BCUT2D eigenvalue weighted by Gasteiger charge is 2.38. The highest BCUT2D eigenvalue weighted by Crippen LogP contribution is 2.38. The molecular formula is C18H15F3N4O4. The second kappa shape index (κ2) is 7.75. The summed E-state index contributed by atoms with van der Waals surface area (Å²) in [6.45, 7) is 4.59. The topological polar surface area (TPSA) is 122 Å². The van der Waals surface area contributed by atoms with Gasteiger partial charge in [0.2, 0.25) is 5.88 Å². The van der Waals surface area contributed by atoms with E-state index in [0.29, 0.717) is 12.1 Å². The maximum absolute atomic E-state index is 13.1. The third-order valence-electron chi connectivity index (χ3n) is 4.13. The maximum Gasteiger partial charge on any atom is 0.423 e. The molecule has 1 heterocycles. The molecule has 0 amide bonds. The van der Waals surface area contributed by atoms with Crippen LogP contribution in [0.25, 0.3) is 0 Å². The van der Waals surface area contributed by atoms with Gasteiger partial charge in [-0.1, -0.05) is 0 Å². The lowest BCUT2D eigenvalue weighted by atomic mass is 10.1. The SMILES string of the molecule is Cc1c(C=Nc2ccc([N+](=O)[O-])c(C(F)(F)F)c2)c(O)n(C(C)C)c(=O)c1C#N. The Kier molecular flexibility index (Phi) is 5.77. The van der Waals surface area contributed by atoms with Crippen molar-refractivity contribution in [1.82, 2.24) is 4.57 Å². The van der Waals surface area contributed by atoms with Crippen LogP contribution < -0.4 is 5.56 Å². The van der Waals surface area contributed by atoms with Crippen LogP contribution in [0.15, 0.2) is 28.0 Å². The molecule has 1 aromatic heterocycles. The van der Waals surface area contributed by atoms with Crippen LogP contribution in [0.4, 0.5) is 24.5 Å². The van der Waals surface area contributed by atoms with Crippen molar-refractivity contribution in [2.75, 3.05) is 0 Å². The molecule has 2 aromatic rings. The van der Waals surface area contributed by atoms with Crippen molar-refractivity contribution in [2.45, 2.75) is 33.0 Å². The molecule has 0 fully saturated rings. The number of aromatic nitrogens is 1. The van der Waals surface area contributed by atoms with Crippen LogP contribution in [0.3, 0.4) is 0 Å². The number of nitriles is 1. The first kappa shape index (κ1) is 21.6. The van der Waals surface area contributed by atoms with E-state index in [0.717, 1.165) is 16.8 Å². The Labute approximate surface area is 162 Å². The van der Waals surface area contributed by atoms with Crippen LogP contribution in [0.2, 0.25) is 0 Å². The zero-order valence-electron chi connectivity index (χ0n) is 15.5. The predicted molar refractivity (Wildman–Crippen MR) is 97.6 cm³/mol. The molecule has 0 spiro atoms. The minimum atomic E-state index is -4.97. The molecule has 11 heteroatoms. The zero-order chi connectivity index (χ0) is 22.1. The van der Waals surface area contributed by atoms with Gasteiger partial charge in [0.15, 0.2) is 0 Å². The maximum atomic E-state index is 13.1. The zero-order valence-corrected chi connectivity index (χ0v) is 15.5. The van der Waals surface area contributed by atoms with Gasteiger partial charge in [0, 0.05) is 18.3 Å². The van der Waals surface area contributed by atoms with E-state index in [9.17, 15) is 38.4 Å². The number of benzene rings is 1. The van der Waals surface area contributed by atoms with E-state index in [1.54, 1.807) is 19.9 Å². The number of nitrogens with zero attached hydrogens (tertiary/aromatic N) is 4. The summed E-state index contributed by atoms with van der Waals surface area (Å²) < 4.78 is 40.2. The third kappa shape index (κ3) is 4.11. The van der Waals surface area contributed by atoms with Crippen LogP contribution in [0, 0.1) is 28.4 Å². The van der Waals surface area contributed by atoms with Crippen molar-refractivity contribution >= 4 is 17.6 Å². The smallest absolute Gasteiger partial charge is 0.423 e. The van der Waals surface area contributed by atoms with Crippen LogP contribution in [0.1, 0.15) is 42.1 Å². The van der Waals surface area contributed by atoms with Crippen molar-refractivity contribution < 1.29 is 23.2 Å². The normalized spacial score (nSPS) is 11.8. The molecule has 2 rings (SSSR count). The molecule has 0 saturated carbocycles. The molecule has 0 bridgehead atoms. The number of rotatable bonds is 4. The fourth-order valence-electron chi connectivity index (χ4n) is 2.70. The lowest BCUT2D eigenvalue weighted by Gasteiger charge is -2.16. The van der Waals surface area contributed by atoms with Gasteiger partial charge in [-0.25, -0.2) is 0 Å². The monoisotopic (exact) mass is 408 g/mol. The standard InChI is InChI=1S/C18H15F3N4O4/c1-9(2)24-16(26)12(7-22)10(3)13(17(24)27)8-23-11-4-5-15(25(28)29)14(6-11)18(19,20)21/h4-6,8-9,27H,1-3H3. The summed E-state index contributed by atoms with van der Waals surface area (Å²) in [6.07, 6.45) is -3.96. The van der Waals surface area contributed by atoms with E-state index in [-0.39, 0.29) is 22.4 Å². The Hall–Kier alpha value is -3.68. The highest BCUT2D eigenvalue weighted by atomic mass is 19.4. The number of nitro groups is 1. The molecule has 29 heavy (non-hydrogen) atoms. The number of hydrogen-bond donors (Lipinski definition) is 1. The molecular weight excluding hydrogens is 393 g/mol. The van der Waals surface area contributed by atoms with E-state index in [4.69, 9.17) is 0 Å². The first-order valence-corrected chi connectivity index (χ1v) is 8.18. The lowest BCUT2D eigenvalue weighted by molar-refractivity contribution is -0.388. The van der Waals surface area contributed by atoms with E-state index in [2.05, 4.69) is 4.99 Å². The van der Waals surface area contributed by atoms with Crippen molar-refractivity contribution in [2.24, 2.45) is 4.99 Å². The van der Waals surface area contributed by atoms with Crippen LogP contribution in [-0.2, 0) is 6.18 Å². The lowest BCUT2D eigenvalue weighted by Crippen LogP contribution is -2.26. The number of aliphatic imine (C=N–C) groups is 1. The summed E-state index contributed by atoms with van der Waals surface area (Å²) in [5.41, 5.74) is -3.71. The van der Waals surface area contributed by atoms with Crippen molar-refractivity contribution in [3.05, 3.63) is 60.9 Å². The minimum absolute atomic E-state index is 0.0261. The minimum Gasteiger partial charge on any atom is -0.494 e. The Balaban J connectivity index is 2.67. The molecule has 0 saturated heterocycles. The van der Waals surface area contributed by atoms with Crippen LogP contribution in [0.5, 0.6) is 5.88 Å². The molecule has 1 aromatic carbocycles. The van der Waals surface area contributed by atoms with Gasteiger partial charge in [-0.3, -0.25) is 24.5 Å². The fourth-order valence-corrected chi connectivity index (χ4v) is 2.70. The van der Waals surface area contributed by atoms with Crippen LogP contribution >= 0.6 is 0 Å². The van der Waals surface area contributed by atoms with E-state index in [1.807, 2.05) is 0 Å². The van der Waals surface area contributed by atoms with E-state index >= 15 is 0 Å². The van der Waals surface area contributed by atoms with Crippen molar-refractivity contribution in [3.8, 4) is 11.9 Å². The van der Waals surface area contributed by atoms with Crippen molar-refractivity contribution in [3.63, 3.8) is 0 Å². The summed E-state index contributed by atoms with van der Waals surface area (Å²) in [5.74, 6) is -0.497. The summed E-state index contributed by atoms with van der Waals surface area (Å²) in [4.78, 5) is 25.8. The van der Waals surface area contributed by atoms with Gasteiger partial charge >= 0.3 is 6.18 Å². The van der Waals surface area contributed by atoms with Gasteiger partial charge in [-0.2, -0.15) is 18.4 Å². The molecule has 0 aliphatic carbocycles. The largest absolute Gasteiger partial charge is 0.494 e. The number of pyridine rings is 1. The Morgan fingerprint density at radius 3 is 2.48 bits per heavy atom. The van der Waals surface area contributed by atoms with Gasteiger partial charge < -0.3 is 5.11 Å². The van der Waals surface area contributed by atoms with Gasteiger partial charge in [0.1, 0.15) is 17.2 Å². The van der Waals surface area contributed by atoms with E-state index < -0.39 is 39.8 Å². The summed E-state index contributed by atoms with van der Waals surface area (Å²) in [6, 6.07) is 3.44. The Bertz CT molecular complexity index is 1110. The molecule has 0 aliphatic heterocycles. The molecule has 0 unspecified atom stereocenters. The van der Waals surface area contributed by atoms with E-state index in [1.165, 1.54) is 6.92 Å². The van der Waals surface area contributed by atoms with Gasteiger partial charge in [0.25, 0.3) is 11.2 Å². The summed E-state index contributed by atoms with van der Waals surface area (Å²) in [7, 11) is 0. The average Bonchev–Trinajstić information content (AvgIpc) is 2.60. The highest BCUT2D eigenvalue weighted by molar-refractivity contribution is 5.87. The quantitative estimate of drug-likeness (QED) is 0.466. The van der Waals surface area contributed by atoms with Gasteiger partial charge in [-0.15, -0.1) is 0 Å². The van der Waals surface area contributed by atoms with Crippen LogP contribution in [-0.4, -0.2) is 20.8 Å². The second-order valence-corrected chi connectivity index (χ2v) is 6.33. The average molecular weight is 408 g/mol. The van der Waals surface area contributed by atoms with Crippen molar-refractivity contribution in [1.29, 1.82) is 5.26 Å². The Morgan fingerprint density at radius 1 is 1.38 bits per heavy atom. The first-order valence-electron chi connectivity index (χ1n) is 8.18.